The first-order valence-electron chi connectivity index (χ1n) is 13.7. The van der Waals surface area contributed by atoms with E-state index in [0.717, 1.165) is 32.8 Å². The number of fused-ring (bicyclic) bond motifs is 11. The van der Waals surface area contributed by atoms with Crippen LogP contribution in [0.15, 0.2) is 71.6 Å². The molecule has 3 aromatic carbocycles. The first kappa shape index (κ1) is 27.9. The number of nitrogens with one attached hydrogen (secondary N) is 3. The van der Waals surface area contributed by atoms with Gasteiger partial charge in [0.1, 0.15) is 6.04 Å². The van der Waals surface area contributed by atoms with Crippen molar-refractivity contribution in [3.8, 4) is 11.1 Å². The molecule has 0 spiro atoms. The van der Waals surface area contributed by atoms with Gasteiger partial charge in [-0.1, -0.05) is 42.5 Å². The highest BCUT2D eigenvalue weighted by Crippen LogP contribution is 2.33. The summed E-state index contributed by atoms with van der Waals surface area (Å²) >= 11 is 1.68. The van der Waals surface area contributed by atoms with Gasteiger partial charge in [-0.15, -0.1) is 11.8 Å². The fourth-order valence-corrected chi connectivity index (χ4v) is 5.93. The summed E-state index contributed by atoms with van der Waals surface area (Å²) in [5.74, 6) is -0.415. The molecule has 7 nitrogen and oxygen atoms in total. The third-order valence-corrected chi connectivity index (χ3v) is 8.30. The van der Waals surface area contributed by atoms with Crippen molar-refractivity contribution in [1.82, 2.24) is 16.0 Å². The number of hydrogen-bond acceptors (Lipinski definition) is 5. The average molecular weight is 557 g/mol. The molecule has 3 aliphatic rings. The molecule has 208 valence electrons. The Labute approximate surface area is 240 Å². The second kappa shape index (κ2) is 11.9. The number of anilines is 1. The molecule has 3 aromatic rings. The largest absolute Gasteiger partial charge is 0.351 e. The molecule has 8 heteroatoms. The highest BCUT2D eigenvalue weighted by molar-refractivity contribution is 7.98. The molecule has 4 bridgehead atoms. The number of carbonyl (C=O) groups is 3. The molecule has 0 radical (unpaired) electrons. The molecule has 0 fully saturated rings. The maximum Gasteiger partial charge on any atom is 0.251 e. The molecule has 40 heavy (non-hydrogen) atoms. The fourth-order valence-electron chi connectivity index (χ4n) is 5.47. The molecule has 3 amide bonds. The number of rotatable bonds is 1. The van der Waals surface area contributed by atoms with Crippen molar-refractivity contribution >= 4 is 35.2 Å². The molecule has 0 saturated heterocycles. The van der Waals surface area contributed by atoms with E-state index in [9.17, 15) is 14.4 Å². The Bertz CT molecular complexity index is 1420. The maximum absolute atomic E-state index is 14.0. The van der Waals surface area contributed by atoms with Crippen LogP contribution < -0.4 is 20.9 Å². The molecule has 0 unspecified atom stereocenters. The predicted molar refractivity (Wildman–Crippen MR) is 161 cm³/mol. The van der Waals surface area contributed by atoms with Crippen molar-refractivity contribution in [3.63, 3.8) is 0 Å². The van der Waals surface area contributed by atoms with E-state index in [0.29, 0.717) is 38.0 Å². The third kappa shape index (κ3) is 6.24. The van der Waals surface area contributed by atoms with Crippen LogP contribution in [0.2, 0.25) is 0 Å². The van der Waals surface area contributed by atoms with Crippen molar-refractivity contribution in [2.75, 3.05) is 24.2 Å². The lowest BCUT2D eigenvalue weighted by Gasteiger charge is -2.29. The van der Waals surface area contributed by atoms with E-state index in [1.807, 2.05) is 85.7 Å². The van der Waals surface area contributed by atoms with Gasteiger partial charge < -0.3 is 20.9 Å². The third-order valence-electron chi connectivity index (χ3n) is 7.57. The molecular weight excluding hydrogens is 520 g/mol. The van der Waals surface area contributed by atoms with Crippen LogP contribution >= 0.6 is 11.8 Å². The normalized spacial score (nSPS) is 19.7. The second-order valence-electron chi connectivity index (χ2n) is 11.1. The molecule has 3 N–H and O–H groups in total. The summed E-state index contributed by atoms with van der Waals surface area (Å²) in [7, 11) is 0. The lowest BCUT2D eigenvalue weighted by atomic mass is 9.98. The van der Waals surface area contributed by atoms with E-state index in [1.54, 1.807) is 11.8 Å². The Morgan fingerprint density at radius 3 is 2.42 bits per heavy atom. The van der Waals surface area contributed by atoms with Crippen LogP contribution in [0.4, 0.5) is 5.69 Å². The van der Waals surface area contributed by atoms with Gasteiger partial charge in [-0.3, -0.25) is 14.4 Å². The Morgan fingerprint density at radius 2 is 1.68 bits per heavy atom. The summed E-state index contributed by atoms with van der Waals surface area (Å²) < 4.78 is 0. The minimum Gasteiger partial charge on any atom is -0.351 e. The lowest BCUT2D eigenvalue weighted by Crippen LogP contribution is -2.51. The Kier molecular flexibility index (Phi) is 8.28. The quantitative estimate of drug-likeness (QED) is 0.383. The minimum atomic E-state index is -0.610. The minimum absolute atomic E-state index is 0.100. The van der Waals surface area contributed by atoms with Gasteiger partial charge in [0, 0.05) is 41.2 Å². The molecule has 1 atom stereocenters. The van der Waals surface area contributed by atoms with E-state index in [-0.39, 0.29) is 24.1 Å². The van der Waals surface area contributed by atoms with E-state index < -0.39 is 11.6 Å². The second-order valence-corrected chi connectivity index (χ2v) is 11.9. The van der Waals surface area contributed by atoms with Gasteiger partial charge in [-0.2, -0.15) is 0 Å². The first-order valence-corrected chi connectivity index (χ1v) is 15.0. The van der Waals surface area contributed by atoms with Crippen LogP contribution in [0.1, 0.15) is 48.2 Å². The first-order chi connectivity index (χ1) is 19.2. The Balaban J connectivity index is 1.54. The summed E-state index contributed by atoms with van der Waals surface area (Å²) in [5.41, 5.74) is 4.84. The number of carbonyl (C=O) groups excluding carboxylic acids is 3. The van der Waals surface area contributed by atoms with Crippen LogP contribution in [-0.2, 0) is 22.6 Å². The van der Waals surface area contributed by atoms with Crippen LogP contribution in [0, 0.1) is 0 Å². The average Bonchev–Trinajstić information content (AvgIpc) is 3.07. The zero-order valence-corrected chi connectivity index (χ0v) is 24.1. The van der Waals surface area contributed by atoms with Gasteiger partial charge in [0.25, 0.3) is 5.91 Å². The highest BCUT2D eigenvalue weighted by Gasteiger charge is 2.33. The summed E-state index contributed by atoms with van der Waals surface area (Å²) in [5, 5.41) is 9.41. The summed E-state index contributed by atoms with van der Waals surface area (Å²) in [6.45, 7) is 5.22. The lowest BCUT2D eigenvalue weighted by molar-refractivity contribution is -0.128. The molecule has 0 saturated carbocycles. The van der Waals surface area contributed by atoms with Gasteiger partial charge in [-0.25, -0.2) is 0 Å². The van der Waals surface area contributed by atoms with E-state index in [4.69, 9.17) is 0 Å². The van der Waals surface area contributed by atoms with Gasteiger partial charge in [0.05, 0.1) is 6.54 Å². The number of benzene rings is 3. The van der Waals surface area contributed by atoms with E-state index >= 15 is 0 Å². The topological polar surface area (TPSA) is 90.5 Å². The zero-order valence-electron chi connectivity index (χ0n) is 23.3. The molecule has 0 aromatic heterocycles. The van der Waals surface area contributed by atoms with E-state index in [2.05, 4.69) is 22.0 Å². The number of hydrogen-bond donors (Lipinski definition) is 3. The summed E-state index contributed by atoms with van der Waals surface area (Å²) in [6, 6.07) is 21.2. The van der Waals surface area contributed by atoms with Crippen molar-refractivity contribution in [2.45, 2.75) is 56.1 Å². The maximum atomic E-state index is 14.0. The predicted octanol–water partition coefficient (Wildman–Crippen LogP) is 4.54. The Hall–Kier alpha value is -3.62. The summed E-state index contributed by atoms with van der Waals surface area (Å²) in [6.07, 6.45) is 3.50. The van der Waals surface area contributed by atoms with Crippen molar-refractivity contribution in [2.24, 2.45) is 0 Å². The number of nitrogens with zero attached hydrogens (tertiary/aromatic N) is 1. The van der Waals surface area contributed by atoms with Gasteiger partial charge in [0.15, 0.2) is 0 Å². The van der Waals surface area contributed by atoms with Crippen molar-refractivity contribution in [3.05, 3.63) is 83.4 Å². The molecule has 0 aliphatic carbocycles. The number of amides is 3. The molecule has 3 aliphatic heterocycles. The van der Waals surface area contributed by atoms with Gasteiger partial charge in [-0.05, 0) is 79.5 Å². The molecular formula is C32H36N4O3S. The number of thioether (sulfide) groups is 1. The molecule has 3 heterocycles. The smallest absolute Gasteiger partial charge is 0.251 e. The van der Waals surface area contributed by atoms with Crippen LogP contribution in [-0.4, -0.2) is 48.6 Å². The van der Waals surface area contributed by atoms with Crippen LogP contribution in [0.3, 0.4) is 0 Å². The van der Waals surface area contributed by atoms with E-state index in [1.165, 1.54) is 0 Å². The van der Waals surface area contributed by atoms with Crippen molar-refractivity contribution in [1.29, 1.82) is 0 Å². The van der Waals surface area contributed by atoms with Gasteiger partial charge in [0.2, 0.25) is 11.8 Å². The standard InChI is InChI=1S/C32H36N4O3S/c1-32(2)19-29(37)35-27-14-12-23-18-24(40-3)13-15-28(23)36(31(27)39)20-21-8-10-22(11-9-21)25-6-4-5-7-26(25)30(38)33-16-17-34-32/h4-11,13,15,18,27,34H,12,14,16-17,19-20H2,1-3H3,(H,33,38)(H,35,37)/t27-/m1/s1. The Morgan fingerprint density at radius 1 is 0.925 bits per heavy atom. The van der Waals surface area contributed by atoms with Crippen LogP contribution in [0.5, 0.6) is 0 Å². The zero-order chi connectivity index (χ0) is 28.3. The summed E-state index contributed by atoms with van der Waals surface area (Å²) in [4.78, 5) is 43.2. The monoisotopic (exact) mass is 556 g/mol. The van der Waals surface area contributed by atoms with Crippen LogP contribution in [0.25, 0.3) is 11.1 Å². The fraction of sp³-hybridized carbons (Fsp3) is 0.344. The van der Waals surface area contributed by atoms with Crippen molar-refractivity contribution < 1.29 is 14.4 Å². The molecule has 6 rings (SSSR count). The SMILES string of the molecule is CSc1ccc2c(c1)CC[C@H]1NC(=O)CC(C)(C)NCCNC(=O)c3ccccc3-c3ccc(cc3)CN2C1=O. The number of aryl methyl sites for hydroxylation is 1. The highest BCUT2D eigenvalue weighted by atomic mass is 32.2. The van der Waals surface area contributed by atoms with Gasteiger partial charge >= 0.3 is 0 Å².